The number of rotatable bonds is 74. The van der Waals surface area contributed by atoms with E-state index in [9.17, 15) is 19.0 Å². The summed E-state index contributed by atoms with van der Waals surface area (Å²) >= 11 is 0. The molecule has 0 bridgehead atoms. The van der Waals surface area contributed by atoms with Crippen LogP contribution < -0.4 is 4.89 Å². The number of phosphoric acid groups is 1. The monoisotopic (exact) mass is 1380 g/mol. The van der Waals surface area contributed by atoms with Gasteiger partial charge in [-0.25, -0.2) is 0 Å². The fraction of sp³-hybridized carbons (Fsp3) is 0.705. The first-order chi connectivity index (χ1) is 48.0. The Kier molecular flexibility index (Phi) is 73.8. The largest absolute Gasteiger partial charge is 0.756 e. The van der Waals surface area contributed by atoms with Crippen LogP contribution in [-0.2, 0) is 32.7 Å². The zero-order valence-electron chi connectivity index (χ0n) is 64.2. The highest BCUT2D eigenvalue weighted by molar-refractivity contribution is 7.45. The van der Waals surface area contributed by atoms with E-state index < -0.39 is 32.5 Å². The van der Waals surface area contributed by atoms with E-state index in [2.05, 4.69) is 160 Å². The SMILES string of the molecule is CC/C=C\C/C=C\C/C=C\C/C=C\C/C=C\C/C=C\C/C=C\C/C=C\C/C=C\C/C=C\C/C=C\CCCCCC(=O)OC(COC(=O)CCCCCCCCCCCCCCCCCCCCCCCCCCC/C=C\CCCCCCCCCC)COP(=O)([O-])OCC[N+](C)(C)C. The number of nitrogens with zero attached hydrogens (tertiary/aromatic N) is 1. The molecule has 0 aliphatic rings. The molecule has 0 amide bonds. The minimum atomic E-state index is -4.66. The molecule has 0 aliphatic heterocycles. The van der Waals surface area contributed by atoms with Gasteiger partial charge in [-0.3, -0.25) is 14.2 Å². The average Bonchev–Trinajstić information content (AvgIpc) is 1.08. The zero-order chi connectivity index (χ0) is 71.1. The van der Waals surface area contributed by atoms with Gasteiger partial charge in [0.25, 0.3) is 7.82 Å². The zero-order valence-corrected chi connectivity index (χ0v) is 65.1. The molecule has 0 radical (unpaired) electrons. The molecule has 2 unspecified atom stereocenters. The van der Waals surface area contributed by atoms with Crippen molar-refractivity contribution in [2.45, 2.75) is 354 Å². The number of carbonyl (C=O) groups is 2. The third-order valence-electron chi connectivity index (χ3n) is 17.3. The van der Waals surface area contributed by atoms with Gasteiger partial charge in [-0.1, -0.05) is 359 Å². The second-order valence-corrected chi connectivity index (χ2v) is 29.5. The van der Waals surface area contributed by atoms with E-state index in [-0.39, 0.29) is 26.1 Å². The van der Waals surface area contributed by atoms with Crippen LogP contribution in [0.3, 0.4) is 0 Å². The maximum atomic E-state index is 12.9. The predicted octanol–water partition coefficient (Wildman–Crippen LogP) is 26.6. The van der Waals surface area contributed by atoms with E-state index in [1.165, 1.54) is 205 Å². The fourth-order valence-corrected chi connectivity index (χ4v) is 11.9. The number of quaternary nitrogens is 1. The summed E-state index contributed by atoms with van der Waals surface area (Å²) < 4.78 is 34.3. The van der Waals surface area contributed by atoms with Crippen LogP contribution in [0.15, 0.2) is 146 Å². The molecule has 0 heterocycles. The van der Waals surface area contributed by atoms with Crippen LogP contribution in [0.4, 0.5) is 0 Å². The topological polar surface area (TPSA) is 111 Å². The van der Waals surface area contributed by atoms with Gasteiger partial charge in [-0.15, -0.1) is 0 Å². The van der Waals surface area contributed by atoms with Crippen molar-refractivity contribution in [3.05, 3.63) is 146 Å². The third-order valence-corrected chi connectivity index (χ3v) is 18.3. The summed E-state index contributed by atoms with van der Waals surface area (Å²) in [5.41, 5.74) is 0. The summed E-state index contributed by atoms with van der Waals surface area (Å²) in [5.74, 6) is -0.869. The fourth-order valence-electron chi connectivity index (χ4n) is 11.2. The van der Waals surface area contributed by atoms with Crippen LogP contribution in [0.1, 0.15) is 348 Å². The van der Waals surface area contributed by atoms with E-state index >= 15 is 0 Å². The molecule has 2 atom stereocenters. The Hall–Kier alpha value is -4.11. The van der Waals surface area contributed by atoms with Gasteiger partial charge in [-0.2, -0.15) is 0 Å². The number of likely N-dealkylation sites (N-methyl/N-ethyl adjacent to an activating group) is 1. The van der Waals surface area contributed by atoms with E-state index in [1.54, 1.807) is 0 Å². The molecule has 0 aliphatic carbocycles. The van der Waals surface area contributed by atoms with Crippen LogP contribution >= 0.6 is 7.82 Å². The van der Waals surface area contributed by atoms with Gasteiger partial charge in [0, 0.05) is 12.8 Å². The van der Waals surface area contributed by atoms with Crippen LogP contribution in [0.2, 0.25) is 0 Å². The highest BCUT2D eigenvalue weighted by atomic mass is 31.2. The van der Waals surface area contributed by atoms with Crippen LogP contribution in [-0.4, -0.2) is 70.0 Å². The van der Waals surface area contributed by atoms with Gasteiger partial charge in [0.1, 0.15) is 19.8 Å². The predicted molar refractivity (Wildman–Crippen MR) is 424 cm³/mol. The summed E-state index contributed by atoms with van der Waals surface area (Å²) in [5, 5.41) is 0. The molecule has 0 aromatic carbocycles. The summed E-state index contributed by atoms with van der Waals surface area (Å²) in [7, 11) is 1.14. The molecule has 0 fully saturated rings. The van der Waals surface area contributed by atoms with Crippen molar-refractivity contribution in [1.82, 2.24) is 0 Å². The number of hydrogen-bond acceptors (Lipinski definition) is 8. The molecular weight excluding hydrogens is 1230 g/mol. The number of carbonyl (C=O) groups excluding carboxylic acids is 2. The first-order valence-electron chi connectivity index (χ1n) is 40.5. The lowest BCUT2D eigenvalue weighted by molar-refractivity contribution is -0.870. The number of unbranched alkanes of at least 4 members (excludes halogenated alkanes) is 36. The highest BCUT2D eigenvalue weighted by Gasteiger charge is 2.22. The molecule has 10 heteroatoms. The molecule has 0 spiro atoms. The number of phosphoric ester groups is 1. The number of allylic oxidation sites excluding steroid dienone is 24. The Morgan fingerprint density at radius 1 is 0.327 bits per heavy atom. The second kappa shape index (κ2) is 77.1. The van der Waals surface area contributed by atoms with E-state index in [0.717, 1.165) is 109 Å². The molecule has 0 aromatic heterocycles. The number of esters is 2. The normalized spacial score (nSPS) is 13.8. The first-order valence-corrected chi connectivity index (χ1v) is 42.0. The van der Waals surface area contributed by atoms with Gasteiger partial charge >= 0.3 is 11.9 Å². The van der Waals surface area contributed by atoms with Gasteiger partial charge < -0.3 is 27.9 Å². The lowest BCUT2D eigenvalue weighted by atomic mass is 10.0. The van der Waals surface area contributed by atoms with E-state index in [4.69, 9.17) is 18.5 Å². The Balaban J connectivity index is 4.06. The van der Waals surface area contributed by atoms with Gasteiger partial charge in [0.15, 0.2) is 6.10 Å². The van der Waals surface area contributed by atoms with Crippen LogP contribution in [0.25, 0.3) is 0 Å². The quantitative estimate of drug-likeness (QED) is 0.0195. The number of hydrogen-bond donors (Lipinski definition) is 0. The molecule has 0 N–H and O–H groups in total. The van der Waals surface area contributed by atoms with Crippen molar-refractivity contribution in [3.63, 3.8) is 0 Å². The standard InChI is InChI=1S/C88H152NO8P/c1-6-8-10-12-14-16-18-20-22-24-26-28-30-32-34-36-38-40-42-44-46-48-50-52-54-56-58-60-62-64-66-68-70-72-74-76-78-80-87(90)94-84-86(85-96-98(92,93)95-83-82-89(3,4)5)97-88(91)81-79-77-75-73-71-69-67-65-63-61-59-57-55-53-51-49-47-45-43-41-39-37-35-33-31-29-27-25-23-21-19-17-15-13-11-9-7-2/h9,11,15,17,21,23-24,26-27,29,33,35,39,41,45,47,51,53,57,59,63,65,69,71,86H,6-8,10,12-14,16,18-20,22,25,28,30-32,34,36-38,40,42-44,46,48-50,52,54-56,58,60-62,64,66-68,70,72-85H2,1-5H3/b11-9-,17-15-,23-21-,26-24-,29-27-,35-33-,41-39-,47-45-,53-51-,59-57-,65-63-,71-69-. The molecule has 0 saturated carbocycles. The van der Waals surface area contributed by atoms with Crippen molar-refractivity contribution in [3.8, 4) is 0 Å². The van der Waals surface area contributed by atoms with E-state index in [0.29, 0.717) is 17.4 Å². The van der Waals surface area contributed by atoms with Crippen molar-refractivity contribution < 1.29 is 42.1 Å². The van der Waals surface area contributed by atoms with Gasteiger partial charge in [0.2, 0.25) is 0 Å². The molecule has 0 aromatic rings. The van der Waals surface area contributed by atoms with E-state index in [1.807, 2.05) is 21.1 Å². The second-order valence-electron chi connectivity index (χ2n) is 28.0. The third kappa shape index (κ3) is 80.9. The van der Waals surface area contributed by atoms with Crippen molar-refractivity contribution >= 4 is 19.8 Å². The Morgan fingerprint density at radius 3 is 0.888 bits per heavy atom. The smallest absolute Gasteiger partial charge is 0.306 e. The molecule has 562 valence electrons. The Morgan fingerprint density at radius 2 is 0.582 bits per heavy atom. The van der Waals surface area contributed by atoms with Crippen molar-refractivity contribution in [2.24, 2.45) is 0 Å². The lowest BCUT2D eigenvalue weighted by Crippen LogP contribution is -2.37. The minimum absolute atomic E-state index is 0.0436. The Labute approximate surface area is 605 Å². The van der Waals surface area contributed by atoms with Crippen molar-refractivity contribution in [2.75, 3.05) is 47.5 Å². The summed E-state index contributed by atoms with van der Waals surface area (Å²) in [6.07, 6.45) is 114. The van der Waals surface area contributed by atoms with Crippen molar-refractivity contribution in [1.29, 1.82) is 0 Å². The van der Waals surface area contributed by atoms with Gasteiger partial charge in [0.05, 0.1) is 27.7 Å². The molecule has 0 rings (SSSR count). The maximum Gasteiger partial charge on any atom is 0.306 e. The first kappa shape index (κ1) is 93.9. The minimum Gasteiger partial charge on any atom is -0.756 e. The molecule has 9 nitrogen and oxygen atoms in total. The number of ether oxygens (including phenoxy) is 2. The van der Waals surface area contributed by atoms with Crippen LogP contribution in [0, 0.1) is 0 Å². The highest BCUT2D eigenvalue weighted by Crippen LogP contribution is 2.38. The molecule has 98 heavy (non-hydrogen) atoms. The lowest BCUT2D eigenvalue weighted by Gasteiger charge is -2.28. The Bertz CT molecular complexity index is 2170. The summed E-state index contributed by atoms with van der Waals surface area (Å²) in [6.45, 7) is 4.11. The van der Waals surface area contributed by atoms with Crippen LogP contribution in [0.5, 0.6) is 0 Å². The average molecular weight is 1380 g/mol. The molecule has 0 saturated heterocycles. The summed E-state index contributed by atoms with van der Waals surface area (Å²) in [4.78, 5) is 38.2. The summed E-state index contributed by atoms with van der Waals surface area (Å²) in [6, 6.07) is 0. The maximum absolute atomic E-state index is 12.9. The van der Waals surface area contributed by atoms with Gasteiger partial charge in [-0.05, 0) is 122 Å². The molecular formula is C88H152NO8P.